The minimum atomic E-state index is 0.357. The number of benzene rings is 2. The Kier molecular flexibility index (Phi) is 3.60. The van der Waals surface area contributed by atoms with Crippen molar-refractivity contribution in [3.05, 3.63) is 72.1 Å². The molecule has 81 valence electrons. The average molecular weight is 211 g/mol. The molecule has 0 amide bonds. The zero-order chi connectivity index (χ0) is 11.2. The smallest absolute Gasteiger partial charge is 0.119 e. The van der Waals surface area contributed by atoms with Gasteiger partial charge in [0.1, 0.15) is 5.75 Å². The molecular weight excluding hydrogens is 196 g/mol. The zero-order valence-corrected chi connectivity index (χ0v) is 9.13. The highest BCUT2D eigenvalue weighted by Crippen LogP contribution is 2.19. The number of rotatable bonds is 4. The van der Waals surface area contributed by atoms with E-state index in [-0.39, 0.29) is 0 Å². The number of aryl methyl sites for hydroxylation is 1. The Morgan fingerprint density at radius 2 is 1.56 bits per heavy atom. The molecule has 0 atom stereocenters. The van der Waals surface area contributed by atoms with Crippen molar-refractivity contribution in [3.63, 3.8) is 0 Å². The Morgan fingerprint density at radius 3 is 2.31 bits per heavy atom. The highest BCUT2D eigenvalue weighted by molar-refractivity contribution is 5.37. The topological polar surface area (TPSA) is 20.2 Å². The molecule has 0 bridgehead atoms. The lowest BCUT2D eigenvalue weighted by Crippen LogP contribution is -1.88. The van der Waals surface area contributed by atoms with Crippen LogP contribution in [0.25, 0.3) is 0 Å². The van der Waals surface area contributed by atoms with Gasteiger partial charge in [-0.1, -0.05) is 48.5 Å². The predicted molar refractivity (Wildman–Crippen MR) is 66.3 cm³/mol. The van der Waals surface area contributed by atoms with E-state index in [1.165, 1.54) is 5.56 Å². The van der Waals surface area contributed by atoms with E-state index in [4.69, 9.17) is 0 Å². The minimum Gasteiger partial charge on any atom is -0.508 e. The molecule has 0 aromatic heterocycles. The largest absolute Gasteiger partial charge is 0.508 e. The van der Waals surface area contributed by atoms with Crippen LogP contribution in [0.1, 0.15) is 17.5 Å². The van der Waals surface area contributed by atoms with Crippen molar-refractivity contribution >= 4 is 0 Å². The van der Waals surface area contributed by atoms with E-state index < -0.39 is 0 Å². The van der Waals surface area contributed by atoms with Gasteiger partial charge < -0.3 is 5.11 Å². The standard InChI is InChI=1S/C15H15O/c16-15-12-5-4-10-14(15)11-6-9-13-7-2-1-3-8-13/h1-5,7-8,10-12,16H,6,9H2. The Balaban J connectivity index is 1.87. The third-order valence-corrected chi connectivity index (χ3v) is 2.58. The van der Waals surface area contributed by atoms with Crippen LogP contribution < -0.4 is 0 Å². The van der Waals surface area contributed by atoms with Gasteiger partial charge in [-0.3, -0.25) is 0 Å². The maximum atomic E-state index is 9.58. The summed E-state index contributed by atoms with van der Waals surface area (Å²) in [6, 6.07) is 17.8. The highest BCUT2D eigenvalue weighted by Gasteiger charge is 1.99. The molecule has 1 N–H and O–H groups in total. The number of phenols is 1. The average Bonchev–Trinajstić information content (AvgIpc) is 2.33. The first-order valence-electron chi connectivity index (χ1n) is 5.51. The van der Waals surface area contributed by atoms with Gasteiger partial charge in [0, 0.05) is 0 Å². The molecule has 0 unspecified atom stereocenters. The predicted octanol–water partition coefficient (Wildman–Crippen LogP) is 3.58. The molecule has 1 nitrogen and oxygen atoms in total. The summed E-state index contributed by atoms with van der Waals surface area (Å²) in [7, 11) is 0. The van der Waals surface area contributed by atoms with Gasteiger partial charge in [-0.15, -0.1) is 0 Å². The second-order valence-corrected chi connectivity index (χ2v) is 3.79. The number of aromatic hydroxyl groups is 1. The third kappa shape index (κ3) is 2.86. The molecule has 2 aromatic rings. The molecule has 16 heavy (non-hydrogen) atoms. The van der Waals surface area contributed by atoms with E-state index >= 15 is 0 Å². The van der Waals surface area contributed by atoms with Crippen LogP contribution in [-0.4, -0.2) is 5.11 Å². The summed E-state index contributed by atoms with van der Waals surface area (Å²) in [4.78, 5) is 0. The lowest BCUT2D eigenvalue weighted by Gasteiger charge is -2.03. The first-order valence-corrected chi connectivity index (χ1v) is 5.51. The van der Waals surface area contributed by atoms with Gasteiger partial charge in [-0.2, -0.15) is 0 Å². The second kappa shape index (κ2) is 5.36. The molecule has 0 fully saturated rings. The SMILES string of the molecule is Oc1ccccc1[CH]CCc1ccccc1. The second-order valence-electron chi connectivity index (χ2n) is 3.79. The monoisotopic (exact) mass is 211 g/mol. The summed E-state index contributed by atoms with van der Waals surface area (Å²) in [6.07, 6.45) is 4.03. The van der Waals surface area contributed by atoms with Crippen LogP contribution in [0.3, 0.4) is 0 Å². The molecule has 0 saturated heterocycles. The van der Waals surface area contributed by atoms with E-state index in [0.29, 0.717) is 5.75 Å². The van der Waals surface area contributed by atoms with Crippen molar-refractivity contribution in [3.8, 4) is 5.75 Å². The normalized spacial score (nSPS) is 10.2. The van der Waals surface area contributed by atoms with Crippen LogP contribution in [0.4, 0.5) is 0 Å². The van der Waals surface area contributed by atoms with E-state index in [1.807, 2.05) is 24.3 Å². The molecule has 0 heterocycles. The number of para-hydroxylation sites is 1. The van der Waals surface area contributed by atoms with Gasteiger partial charge in [0.2, 0.25) is 0 Å². The Hall–Kier alpha value is -1.76. The lowest BCUT2D eigenvalue weighted by atomic mass is 10.0. The fourth-order valence-electron chi connectivity index (χ4n) is 1.70. The third-order valence-electron chi connectivity index (χ3n) is 2.58. The van der Waals surface area contributed by atoms with Crippen LogP contribution in [0.5, 0.6) is 5.75 Å². The molecule has 0 saturated carbocycles. The lowest BCUT2D eigenvalue weighted by molar-refractivity contribution is 0.471. The molecule has 1 radical (unpaired) electrons. The Bertz CT molecular complexity index is 434. The molecule has 1 heteroatoms. The van der Waals surface area contributed by atoms with Crippen LogP contribution in [0, 0.1) is 6.42 Å². The summed E-state index contributed by atoms with van der Waals surface area (Å²) in [6.45, 7) is 0. The Morgan fingerprint density at radius 1 is 0.875 bits per heavy atom. The van der Waals surface area contributed by atoms with E-state index in [2.05, 4.69) is 30.7 Å². The van der Waals surface area contributed by atoms with Crippen LogP contribution >= 0.6 is 0 Å². The first-order chi connectivity index (χ1) is 7.86. The zero-order valence-electron chi connectivity index (χ0n) is 9.13. The van der Waals surface area contributed by atoms with Gasteiger partial charge in [-0.25, -0.2) is 0 Å². The van der Waals surface area contributed by atoms with Gasteiger partial charge in [-0.05, 0) is 36.5 Å². The summed E-state index contributed by atoms with van der Waals surface area (Å²) in [5.74, 6) is 0.357. The summed E-state index contributed by atoms with van der Waals surface area (Å²) in [5, 5.41) is 9.58. The van der Waals surface area contributed by atoms with Crippen molar-refractivity contribution in [1.29, 1.82) is 0 Å². The minimum absolute atomic E-state index is 0.357. The fourth-order valence-corrected chi connectivity index (χ4v) is 1.70. The Labute approximate surface area is 96.4 Å². The molecule has 0 aliphatic carbocycles. The van der Waals surface area contributed by atoms with Gasteiger partial charge >= 0.3 is 0 Å². The fraction of sp³-hybridized carbons (Fsp3) is 0.133. The van der Waals surface area contributed by atoms with E-state index in [9.17, 15) is 5.11 Å². The van der Waals surface area contributed by atoms with Crippen molar-refractivity contribution in [2.24, 2.45) is 0 Å². The van der Waals surface area contributed by atoms with Gasteiger partial charge in [0.25, 0.3) is 0 Å². The van der Waals surface area contributed by atoms with Crippen molar-refractivity contribution in [1.82, 2.24) is 0 Å². The number of hydrogen-bond donors (Lipinski definition) is 1. The van der Waals surface area contributed by atoms with Gasteiger partial charge in [0.05, 0.1) is 0 Å². The van der Waals surface area contributed by atoms with Crippen molar-refractivity contribution in [2.45, 2.75) is 12.8 Å². The first kappa shape index (κ1) is 10.7. The molecule has 2 aromatic carbocycles. The van der Waals surface area contributed by atoms with E-state index in [0.717, 1.165) is 18.4 Å². The number of phenolic OH excluding ortho intramolecular Hbond substituents is 1. The van der Waals surface area contributed by atoms with Crippen LogP contribution in [0.2, 0.25) is 0 Å². The molecule has 0 aliphatic rings. The van der Waals surface area contributed by atoms with Gasteiger partial charge in [0.15, 0.2) is 0 Å². The number of hydrogen-bond acceptors (Lipinski definition) is 1. The molecule has 0 aliphatic heterocycles. The van der Waals surface area contributed by atoms with E-state index in [1.54, 1.807) is 6.07 Å². The van der Waals surface area contributed by atoms with Crippen molar-refractivity contribution < 1.29 is 5.11 Å². The summed E-state index contributed by atoms with van der Waals surface area (Å²) >= 11 is 0. The molecule has 0 spiro atoms. The maximum Gasteiger partial charge on any atom is 0.119 e. The van der Waals surface area contributed by atoms with Crippen molar-refractivity contribution in [2.75, 3.05) is 0 Å². The molecular formula is C15H15O. The summed E-state index contributed by atoms with van der Waals surface area (Å²) < 4.78 is 0. The summed E-state index contributed by atoms with van der Waals surface area (Å²) in [5.41, 5.74) is 2.24. The highest BCUT2D eigenvalue weighted by atomic mass is 16.3. The van der Waals surface area contributed by atoms with Crippen LogP contribution in [-0.2, 0) is 6.42 Å². The maximum absolute atomic E-state index is 9.58. The quantitative estimate of drug-likeness (QED) is 0.819. The molecule has 2 rings (SSSR count). The van der Waals surface area contributed by atoms with Crippen LogP contribution in [0.15, 0.2) is 54.6 Å².